The van der Waals surface area contributed by atoms with Gasteiger partial charge in [0, 0.05) is 42.5 Å². The minimum Gasteiger partial charge on any atom is -0.345 e. The van der Waals surface area contributed by atoms with Crippen LogP contribution in [-0.2, 0) is 29.1 Å². The van der Waals surface area contributed by atoms with E-state index in [2.05, 4.69) is 23.8 Å². The van der Waals surface area contributed by atoms with Crippen molar-refractivity contribution >= 4 is 23.4 Å². The van der Waals surface area contributed by atoms with Crippen LogP contribution >= 0.6 is 11.6 Å². The number of hydrogen-bond donors (Lipinski definition) is 0. The van der Waals surface area contributed by atoms with Gasteiger partial charge in [0.1, 0.15) is 0 Å². The van der Waals surface area contributed by atoms with E-state index in [9.17, 15) is 9.59 Å². The van der Waals surface area contributed by atoms with Crippen molar-refractivity contribution < 1.29 is 9.59 Å². The summed E-state index contributed by atoms with van der Waals surface area (Å²) in [6, 6.07) is 22.3. The highest BCUT2D eigenvalue weighted by Gasteiger charge is 2.28. The maximum atomic E-state index is 13.9. The van der Waals surface area contributed by atoms with Crippen molar-refractivity contribution in [3.05, 3.63) is 94.8 Å². The van der Waals surface area contributed by atoms with Crippen LogP contribution < -0.4 is 0 Å². The molecule has 1 heterocycles. The van der Waals surface area contributed by atoms with Crippen molar-refractivity contribution in [2.24, 2.45) is 0 Å². The van der Waals surface area contributed by atoms with Crippen LogP contribution in [0.15, 0.2) is 72.9 Å². The molecule has 1 aromatic heterocycles. The lowest BCUT2D eigenvalue weighted by Gasteiger charge is -2.36. The fourth-order valence-corrected chi connectivity index (χ4v) is 5.61. The third-order valence-corrected chi connectivity index (χ3v) is 7.90. The number of aromatic nitrogens is 1. The highest BCUT2D eigenvalue weighted by Crippen LogP contribution is 2.25. The van der Waals surface area contributed by atoms with Gasteiger partial charge in [-0.25, -0.2) is 0 Å². The molecule has 38 heavy (non-hydrogen) atoms. The zero-order valence-corrected chi connectivity index (χ0v) is 23.3. The smallest absolute Gasteiger partial charge is 0.242 e. The summed E-state index contributed by atoms with van der Waals surface area (Å²) in [7, 11) is 0. The number of amides is 2. The molecule has 0 atom stereocenters. The van der Waals surface area contributed by atoms with Crippen molar-refractivity contribution in [1.82, 2.24) is 14.4 Å². The molecule has 0 bridgehead atoms. The summed E-state index contributed by atoms with van der Waals surface area (Å²) in [4.78, 5) is 30.9. The first-order chi connectivity index (χ1) is 18.5. The molecule has 2 aromatic carbocycles. The molecule has 2 amide bonds. The molecule has 1 saturated carbocycles. The van der Waals surface area contributed by atoms with Crippen molar-refractivity contribution in [2.45, 2.75) is 77.4 Å². The molecular weight excluding hydrogens is 494 g/mol. The van der Waals surface area contributed by atoms with Gasteiger partial charge in [-0.2, -0.15) is 0 Å². The Morgan fingerprint density at radius 2 is 1.66 bits per heavy atom. The van der Waals surface area contributed by atoms with Crippen LogP contribution in [0.4, 0.5) is 0 Å². The van der Waals surface area contributed by atoms with Crippen LogP contribution in [0.25, 0.3) is 0 Å². The Bertz CT molecular complexity index is 1170. The van der Waals surface area contributed by atoms with Gasteiger partial charge in [0.05, 0.1) is 13.1 Å². The minimum atomic E-state index is 0.0453. The quantitative estimate of drug-likeness (QED) is 0.259. The first-order valence-electron chi connectivity index (χ1n) is 14.0. The third kappa shape index (κ3) is 7.73. The van der Waals surface area contributed by atoms with E-state index in [1.54, 1.807) is 4.90 Å². The maximum Gasteiger partial charge on any atom is 0.242 e. The number of carbonyl (C=O) groups is 2. The fourth-order valence-electron chi connectivity index (χ4n) is 5.42. The second kappa shape index (κ2) is 14.2. The molecule has 5 nitrogen and oxygen atoms in total. The summed E-state index contributed by atoms with van der Waals surface area (Å²) in [6.07, 6.45) is 9.54. The van der Waals surface area contributed by atoms with Crippen LogP contribution in [0.1, 0.15) is 68.7 Å². The molecule has 4 rings (SSSR count). The summed E-state index contributed by atoms with van der Waals surface area (Å²) in [5, 5.41) is 0.747. The summed E-state index contributed by atoms with van der Waals surface area (Å²) in [5.74, 6) is 0.0960. The maximum absolute atomic E-state index is 13.9. The van der Waals surface area contributed by atoms with Crippen LogP contribution in [0.3, 0.4) is 0 Å². The molecule has 1 aliphatic carbocycles. The predicted molar refractivity (Wildman–Crippen MR) is 154 cm³/mol. The molecule has 0 radical (unpaired) electrons. The molecule has 0 spiro atoms. The van der Waals surface area contributed by atoms with Gasteiger partial charge in [0.2, 0.25) is 11.8 Å². The van der Waals surface area contributed by atoms with Crippen molar-refractivity contribution in [3.63, 3.8) is 0 Å². The predicted octanol–water partition coefficient (Wildman–Crippen LogP) is 6.72. The van der Waals surface area contributed by atoms with Gasteiger partial charge in [0.15, 0.2) is 0 Å². The molecule has 0 unspecified atom stereocenters. The molecule has 202 valence electrons. The molecular formula is C32H40ClN3O2. The Labute approximate surface area is 232 Å². The van der Waals surface area contributed by atoms with Crippen LogP contribution in [0.5, 0.6) is 0 Å². The summed E-state index contributed by atoms with van der Waals surface area (Å²) >= 11 is 6.44. The van der Waals surface area contributed by atoms with E-state index >= 15 is 0 Å². The largest absolute Gasteiger partial charge is 0.345 e. The number of benzene rings is 2. The number of halogens is 1. The Balaban J connectivity index is 1.47. The number of nitrogens with zero attached hydrogens (tertiary/aromatic N) is 3. The summed E-state index contributed by atoms with van der Waals surface area (Å²) in [5.41, 5.74) is 3.29. The lowest BCUT2D eigenvalue weighted by Crippen LogP contribution is -2.47. The van der Waals surface area contributed by atoms with Crippen LogP contribution in [0.2, 0.25) is 5.02 Å². The van der Waals surface area contributed by atoms with Gasteiger partial charge in [-0.15, -0.1) is 0 Å². The molecule has 1 aliphatic rings. The molecule has 0 saturated heterocycles. The molecule has 0 N–H and O–H groups in total. The van der Waals surface area contributed by atoms with Gasteiger partial charge in [-0.1, -0.05) is 86.3 Å². The fraction of sp³-hybridized carbons (Fsp3) is 0.438. The van der Waals surface area contributed by atoms with Crippen LogP contribution in [0, 0.1) is 0 Å². The standard InChI is InChI=1S/C32H40ClN3O2/c1-2-21-35(31(37)20-19-26-12-5-3-6-13-26)25-32(38)36(28-15-7-4-8-16-28)24-29-17-11-22-34(29)23-27-14-9-10-18-30(27)33/h3,5-6,9-14,17-18,22,28H,2,4,7-8,15-16,19-21,23-25H2,1H3. The number of rotatable bonds is 12. The summed E-state index contributed by atoms with van der Waals surface area (Å²) in [6.45, 7) is 4.00. The van der Waals surface area contributed by atoms with E-state index in [0.717, 1.165) is 53.9 Å². The van der Waals surface area contributed by atoms with Crippen molar-refractivity contribution in [2.75, 3.05) is 13.1 Å². The molecule has 0 aliphatic heterocycles. The SMILES string of the molecule is CCCN(CC(=O)N(Cc1cccn1Cc1ccccc1Cl)C1CCCCC1)C(=O)CCc1ccccc1. The van der Waals surface area contributed by atoms with E-state index < -0.39 is 0 Å². The van der Waals surface area contributed by atoms with Gasteiger partial charge in [-0.3, -0.25) is 9.59 Å². The number of hydrogen-bond acceptors (Lipinski definition) is 2. The lowest BCUT2D eigenvalue weighted by atomic mass is 9.94. The highest BCUT2D eigenvalue weighted by molar-refractivity contribution is 6.31. The summed E-state index contributed by atoms with van der Waals surface area (Å²) < 4.78 is 2.18. The first-order valence-corrected chi connectivity index (χ1v) is 14.4. The first kappa shape index (κ1) is 28.0. The zero-order chi connectivity index (χ0) is 26.7. The zero-order valence-electron chi connectivity index (χ0n) is 22.5. The normalized spacial score (nSPS) is 13.8. The third-order valence-electron chi connectivity index (χ3n) is 7.53. The van der Waals surface area contributed by atoms with E-state index in [-0.39, 0.29) is 24.4 Å². The van der Waals surface area contributed by atoms with Gasteiger partial charge in [-0.05, 0) is 55.0 Å². The second-order valence-electron chi connectivity index (χ2n) is 10.3. The number of aryl methyl sites for hydroxylation is 1. The average molecular weight is 534 g/mol. The molecule has 6 heteroatoms. The Morgan fingerprint density at radius 3 is 2.39 bits per heavy atom. The minimum absolute atomic E-state index is 0.0453. The Hall–Kier alpha value is -3.05. The molecule has 3 aromatic rings. The van der Waals surface area contributed by atoms with E-state index in [4.69, 9.17) is 11.6 Å². The van der Waals surface area contributed by atoms with Crippen molar-refractivity contribution in [3.8, 4) is 0 Å². The Morgan fingerprint density at radius 1 is 0.921 bits per heavy atom. The average Bonchev–Trinajstić information content (AvgIpc) is 3.38. The van der Waals surface area contributed by atoms with Gasteiger partial charge >= 0.3 is 0 Å². The van der Waals surface area contributed by atoms with E-state index in [0.29, 0.717) is 32.5 Å². The van der Waals surface area contributed by atoms with E-state index in [1.807, 2.05) is 65.6 Å². The van der Waals surface area contributed by atoms with Gasteiger partial charge in [0.25, 0.3) is 0 Å². The van der Waals surface area contributed by atoms with E-state index in [1.165, 1.54) is 6.42 Å². The lowest BCUT2D eigenvalue weighted by molar-refractivity contribution is -0.143. The molecule has 1 fully saturated rings. The topological polar surface area (TPSA) is 45.6 Å². The highest BCUT2D eigenvalue weighted by atomic mass is 35.5. The number of carbonyl (C=O) groups excluding carboxylic acids is 2. The monoisotopic (exact) mass is 533 g/mol. The Kier molecular flexibility index (Phi) is 10.5. The second-order valence-corrected chi connectivity index (χ2v) is 10.7. The van der Waals surface area contributed by atoms with Gasteiger partial charge < -0.3 is 14.4 Å². The van der Waals surface area contributed by atoms with Crippen LogP contribution in [-0.4, -0.2) is 45.3 Å². The van der Waals surface area contributed by atoms with Crippen molar-refractivity contribution in [1.29, 1.82) is 0 Å².